The Bertz CT molecular complexity index is 195. The van der Waals surface area contributed by atoms with Gasteiger partial charge < -0.3 is 5.73 Å². The lowest BCUT2D eigenvalue weighted by Crippen LogP contribution is -1.89. The van der Waals surface area contributed by atoms with Crippen LogP contribution in [0.3, 0.4) is 0 Å². The topological polar surface area (TPSA) is 38.9 Å². The van der Waals surface area contributed by atoms with E-state index in [0.717, 1.165) is 17.1 Å². The van der Waals surface area contributed by atoms with E-state index >= 15 is 0 Å². The smallest absolute Gasteiger partial charge is 0.0504 e. The monoisotopic (exact) mass is 154 g/mol. The molecule has 0 radical (unpaired) electrons. The van der Waals surface area contributed by atoms with Gasteiger partial charge in [0, 0.05) is 5.75 Å². The molecule has 0 aromatic carbocycles. The van der Waals surface area contributed by atoms with Gasteiger partial charge >= 0.3 is 0 Å². The zero-order valence-electron chi connectivity index (χ0n) is 5.87. The summed E-state index contributed by atoms with van der Waals surface area (Å²) in [5.74, 6) is 0.959. The molecule has 0 bridgehead atoms. The van der Waals surface area contributed by atoms with E-state index in [1.54, 1.807) is 18.0 Å². The molecule has 0 spiro atoms. The molecule has 1 aromatic rings. The predicted octanol–water partition coefficient (Wildman–Crippen LogP) is 1.53. The third-order valence-corrected chi connectivity index (χ3v) is 1.72. The highest BCUT2D eigenvalue weighted by Crippen LogP contribution is 2.07. The van der Waals surface area contributed by atoms with Gasteiger partial charge in [-0.1, -0.05) is 0 Å². The van der Waals surface area contributed by atoms with Crippen molar-refractivity contribution in [1.29, 1.82) is 0 Å². The van der Waals surface area contributed by atoms with Gasteiger partial charge in [0.05, 0.1) is 17.6 Å². The quantitative estimate of drug-likeness (QED) is 0.702. The van der Waals surface area contributed by atoms with E-state index in [0.29, 0.717) is 0 Å². The number of rotatable bonds is 2. The molecule has 10 heavy (non-hydrogen) atoms. The first-order valence-electron chi connectivity index (χ1n) is 3.02. The van der Waals surface area contributed by atoms with Crippen molar-refractivity contribution in [1.82, 2.24) is 4.98 Å². The Balaban J connectivity index is 2.69. The van der Waals surface area contributed by atoms with E-state index in [1.807, 2.05) is 12.1 Å². The molecule has 0 saturated carbocycles. The fourth-order valence-corrected chi connectivity index (χ4v) is 1.14. The molecule has 1 aromatic heterocycles. The molecule has 1 rings (SSSR count). The van der Waals surface area contributed by atoms with Crippen LogP contribution in [0.4, 0.5) is 5.69 Å². The number of thioether (sulfide) groups is 1. The van der Waals surface area contributed by atoms with Gasteiger partial charge in [0.25, 0.3) is 0 Å². The maximum absolute atomic E-state index is 5.45. The Morgan fingerprint density at radius 2 is 2.40 bits per heavy atom. The van der Waals surface area contributed by atoms with Crippen LogP contribution in [0.1, 0.15) is 5.69 Å². The van der Waals surface area contributed by atoms with Gasteiger partial charge in [-0.2, -0.15) is 11.8 Å². The number of nitrogens with two attached hydrogens (primary N) is 1. The molecule has 2 nitrogen and oxygen atoms in total. The van der Waals surface area contributed by atoms with E-state index in [9.17, 15) is 0 Å². The highest BCUT2D eigenvalue weighted by Gasteiger charge is 1.90. The number of aromatic nitrogens is 1. The zero-order chi connectivity index (χ0) is 7.40. The number of pyridine rings is 1. The summed E-state index contributed by atoms with van der Waals surface area (Å²) in [6.07, 6.45) is 3.74. The minimum Gasteiger partial charge on any atom is -0.397 e. The molecule has 0 unspecified atom stereocenters. The summed E-state index contributed by atoms with van der Waals surface area (Å²) in [4.78, 5) is 4.12. The van der Waals surface area contributed by atoms with Gasteiger partial charge in [-0.05, 0) is 18.4 Å². The average Bonchev–Trinajstić information content (AvgIpc) is 1.95. The second kappa shape index (κ2) is 3.46. The van der Waals surface area contributed by atoms with Gasteiger partial charge in [-0.25, -0.2) is 0 Å². The van der Waals surface area contributed by atoms with Crippen molar-refractivity contribution in [3.05, 3.63) is 24.0 Å². The molecule has 0 aliphatic heterocycles. The van der Waals surface area contributed by atoms with Crippen LogP contribution >= 0.6 is 11.8 Å². The highest BCUT2D eigenvalue weighted by molar-refractivity contribution is 7.97. The van der Waals surface area contributed by atoms with Crippen LogP contribution in [-0.2, 0) is 5.75 Å². The van der Waals surface area contributed by atoms with E-state index in [4.69, 9.17) is 5.73 Å². The van der Waals surface area contributed by atoms with Crippen molar-refractivity contribution in [2.75, 3.05) is 12.0 Å². The first-order chi connectivity index (χ1) is 4.83. The first-order valence-corrected chi connectivity index (χ1v) is 4.41. The Morgan fingerprint density at radius 1 is 1.60 bits per heavy atom. The Kier molecular flexibility index (Phi) is 2.57. The van der Waals surface area contributed by atoms with Crippen LogP contribution in [0.5, 0.6) is 0 Å². The van der Waals surface area contributed by atoms with E-state index in [-0.39, 0.29) is 0 Å². The van der Waals surface area contributed by atoms with Crippen LogP contribution in [-0.4, -0.2) is 11.2 Å². The maximum atomic E-state index is 5.45. The van der Waals surface area contributed by atoms with Crippen molar-refractivity contribution < 1.29 is 0 Å². The summed E-state index contributed by atoms with van der Waals surface area (Å²) >= 11 is 1.76. The first kappa shape index (κ1) is 7.41. The Morgan fingerprint density at radius 3 is 2.90 bits per heavy atom. The van der Waals surface area contributed by atoms with Crippen molar-refractivity contribution in [3.63, 3.8) is 0 Å². The van der Waals surface area contributed by atoms with Crippen molar-refractivity contribution in [3.8, 4) is 0 Å². The second-order valence-electron chi connectivity index (χ2n) is 2.02. The summed E-state index contributed by atoms with van der Waals surface area (Å²) in [5.41, 5.74) is 7.27. The van der Waals surface area contributed by atoms with E-state index < -0.39 is 0 Å². The van der Waals surface area contributed by atoms with Gasteiger partial charge in [0.2, 0.25) is 0 Å². The van der Waals surface area contributed by atoms with Crippen molar-refractivity contribution >= 4 is 17.4 Å². The van der Waals surface area contributed by atoms with E-state index in [1.165, 1.54) is 0 Å². The summed E-state index contributed by atoms with van der Waals surface area (Å²) in [6, 6.07) is 3.82. The largest absolute Gasteiger partial charge is 0.397 e. The van der Waals surface area contributed by atoms with Crippen molar-refractivity contribution in [2.45, 2.75) is 5.75 Å². The van der Waals surface area contributed by atoms with Crippen LogP contribution in [0.2, 0.25) is 0 Å². The summed E-state index contributed by atoms with van der Waals surface area (Å²) < 4.78 is 0. The zero-order valence-corrected chi connectivity index (χ0v) is 6.69. The molecule has 54 valence electrons. The summed E-state index contributed by atoms with van der Waals surface area (Å²) in [5, 5.41) is 0. The Hall–Kier alpha value is -0.700. The van der Waals surface area contributed by atoms with Gasteiger partial charge in [-0.3, -0.25) is 4.98 Å². The fourth-order valence-electron chi connectivity index (χ4n) is 0.669. The second-order valence-corrected chi connectivity index (χ2v) is 2.88. The minimum atomic E-state index is 0.727. The van der Waals surface area contributed by atoms with Gasteiger partial charge in [0.15, 0.2) is 0 Å². The van der Waals surface area contributed by atoms with Crippen LogP contribution < -0.4 is 5.73 Å². The molecule has 0 fully saturated rings. The summed E-state index contributed by atoms with van der Waals surface area (Å²) in [7, 11) is 0. The molecule has 0 saturated heterocycles. The van der Waals surface area contributed by atoms with Crippen LogP contribution in [0.15, 0.2) is 18.3 Å². The maximum Gasteiger partial charge on any atom is 0.0504 e. The molecule has 3 heteroatoms. The lowest BCUT2D eigenvalue weighted by molar-refractivity contribution is 1.18. The molecule has 0 aliphatic carbocycles. The highest BCUT2D eigenvalue weighted by atomic mass is 32.2. The van der Waals surface area contributed by atoms with Crippen LogP contribution in [0, 0.1) is 0 Å². The minimum absolute atomic E-state index is 0.727. The number of nitrogen functional groups attached to an aromatic ring is 1. The molecule has 0 atom stereocenters. The number of hydrogen-bond donors (Lipinski definition) is 1. The lowest BCUT2D eigenvalue weighted by atomic mass is 10.3. The van der Waals surface area contributed by atoms with Crippen LogP contribution in [0.25, 0.3) is 0 Å². The lowest BCUT2D eigenvalue weighted by Gasteiger charge is -1.96. The molecule has 1 heterocycles. The summed E-state index contributed by atoms with van der Waals surface area (Å²) in [6.45, 7) is 0. The van der Waals surface area contributed by atoms with Gasteiger partial charge in [-0.15, -0.1) is 0 Å². The molecular weight excluding hydrogens is 144 g/mol. The average molecular weight is 154 g/mol. The Labute approximate surface area is 64.8 Å². The number of anilines is 1. The van der Waals surface area contributed by atoms with Gasteiger partial charge in [0.1, 0.15) is 0 Å². The molecule has 0 aliphatic rings. The third kappa shape index (κ3) is 1.92. The van der Waals surface area contributed by atoms with Crippen molar-refractivity contribution in [2.24, 2.45) is 0 Å². The molecule has 0 amide bonds. The normalized spacial score (nSPS) is 9.70. The van der Waals surface area contributed by atoms with E-state index in [2.05, 4.69) is 11.2 Å². The standard InChI is InChI=1S/C7H10N2S/c1-10-5-7-3-2-6(8)4-9-7/h2-4H,5,8H2,1H3. The number of nitrogens with zero attached hydrogens (tertiary/aromatic N) is 1. The fraction of sp³-hybridized carbons (Fsp3) is 0.286. The molecule has 2 N–H and O–H groups in total. The SMILES string of the molecule is CSCc1ccc(N)cn1. The number of hydrogen-bond acceptors (Lipinski definition) is 3. The molecular formula is C7H10N2S. The predicted molar refractivity (Wildman–Crippen MR) is 45.9 cm³/mol. The third-order valence-electron chi connectivity index (χ3n) is 1.14.